The highest BCUT2D eigenvalue weighted by atomic mass is 32.1. The van der Waals surface area contributed by atoms with Crippen LogP contribution in [0.3, 0.4) is 0 Å². The van der Waals surface area contributed by atoms with E-state index in [1.165, 1.54) is 24.0 Å². The van der Waals surface area contributed by atoms with E-state index in [0.717, 1.165) is 10.6 Å². The summed E-state index contributed by atoms with van der Waals surface area (Å²) in [5.41, 5.74) is 1.06. The van der Waals surface area contributed by atoms with Gasteiger partial charge in [-0.05, 0) is 31.4 Å². The molecule has 90 valence electrons. The third kappa shape index (κ3) is 2.03. The summed E-state index contributed by atoms with van der Waals surface area (Å²) in [4.78, 5) is 6.94. The Bertz CT molecular complexity index is 474. The second-order valence-corrected chi connectivity index (χ2v) is 5.47. The minimum Gasteiger partial charge on any atom is -0.395 e. The van der Waals surface area contributed by atoms with Gasteiger partial charge in [-0.3, -0.25) is 0 Å². The number of aliphatic hydroxyl groups is 1. The summed E-state index contributed by atoms with van der Waals surface area (Å²) in [5.74, 6) is 0. The number of rotatable bonds is 4. The first-order valence-corrected chi connectivity index (χ1v) is 6.93. The second-order valence-electron chi connectivity index (χ2n) is 4.47. The van der Waals surface area contributed by atoms with Crippen LogP contribution in [0.4, 0.5) is 5.13 Å². The van der Waals surface area contributed by atoms with Gasteiger partial charge in [-0.2, -0.15) is 0 Å². The molecule has 3 nitrogen and oxygen atoms in total. The van der Waals surface area contributed by atoms with Gasteiger partial charge in [0, 0.05) is 12.6 Å². The van der Waals surface area contributed by atoms with Crippen molar-refractivity contribution in [1.82, 2.24) is 4.98 Å². The number of nitrogens with zero attached hydrogens (tertiary/aromatic N) is 2. The van der Waals surface area contributed by atoms with Crippen LogP contribution in [-0.2, 0) is 0 Å². The van der Waals surface area contributed by atoms with Crippen LogP contribution in [0.2, 0.25) is 0 Å². The molecule has 4 heteroatoms. The molecule has 1 heterocycles. The van der Waals surface area contributed by atoms with Crippen molar-refractivity contribution in [3.8, 4) is 0 Å². The predicted molar refractivity (Wildman–Crippen MR) is 71.7 cm³/mol. The van der Waals surface area contributed by atoms with Crippen LogP contribution < -0.4 is 4.90 Å². The van der Waals surface area contributed by atoms with Gasteiger partial charge >= 0.3 is 0 Å². The minimum absolute atomic E-state index is 0.201. The van der Waals surface area contributed by atoms with Crippen LogP contribution in [0.5, 0.6) is 0 Å². The lowest BCUT2D eigenvalue weighted by atomic mass is 9.92. The summed E-state index contributed by atoms with van der Waals surface area (Å²) in [6, 6.07) is 8.81. The maximum atomic E-state index is 9.18. The average molecular weight is 248 g/mol. The van der Waals surface area contributed by atoms with E-state index in [1.54, 1.807) is 11.3 Å². The molecule has 2 aromatic rings. The largest absolute Gasteiger partial charge is 0.395 e. The fraction of sp³-hybridized carbons (Fsp3) is 0.462. The first-order valence-electron chi connectivity index (χ1n) is 6.11. The first-order chi connectivity index (χ1) is 8.38. The summed E-state index contributed by atoms with van der Waals surface area (Å²) in [5, 5.41) is 10.2. The molecule has 1 fully saturated rings. The molecule has 1 N–H and O–H groups in total. The van der Waals surface area contributed by atoms with E-state index in [-0.39, 0.29) is 6.61 Å². The third-order valence-electron chi connectivity index (χ3n) is 3.38. The van der Waals surface area contributed by atoms with Crippen molar-refractivity contribution in [3.63, 3.8) is 0 Å². The molecule has 0 saturated heterocycles. The molecule has 0 aliphatic heterocycles. The van der Waals surface area contributed by atoms with Crippen LogP contribution in [0.25, 0.3) is 10.2 Å². The number of benzene rings is 1. The Morgan fingerprint density at radius 1 is 1.35 bits per heavy atom. The molecule has 1 aliphatic carbocycles. The van der Waals surface area contributed by atoms with Gasteiger partial charge in [0.05, 0.1) is 16.8 Å². The van der Waals surface area contributed by atoms with Gasteiger partial charge in [0.1, 0.15) is 0 Å². The maximum Gasteiger partial charge on any atom is 0.186 e. The molecule has 1 aromatic carbocycles. The van der Waals surface area contributed by atoms with Crippen molar-refractivity contribution in [2.45, 2.75) is 25.3 Å². The van der Waals surface area contributed by atoms with Crippen LogP contribution in [0.15, 0.2) is 24.3 Å². The Hall–Kier alpha value is -1.13. The SMILES string of the molecule is OCCN(c1nc2ccccc2s1)C1CCC1. The number of para-hydroxylation sites is 1. The standard InChI is InChI=1S/C13H16N2OS/c16-9-8-15(10-4-3-5-10)13-14-11-6-1-2-7-12(11)17-13/h1-2,6-7,10,16H,3-5,8-9H2. The molecule has 0 atom stereocenters. The number of aliphatic hydroxyl groups excluding tert-OH is 1. The van der Waals surface area contributed by atoms with Crippen molar-refractivity contribution in [2.24, 2.45) is 0 Å². The van der Waals surface area contributed by atoms with Gasteiger partial charge in [-0.25, -0.2) is 4.98 Å². The van der Waals surface area contributed by atoms with E-state index < -0.39 is 0 Å². The lowest BCUT2D eigenvalue weighted by Gasteiger charge is -2.37. The summed E-state index contributed by atoms with van der Waals surface area (Å²) < 4.78 is 1.23. The molecule has 0 bridgehead atoms. The summed E-state index contributed by atoms with van der Waals surface area (Å²) >= 11 is 1.73. The molecular formula is C13H16N2OS. The average Bonchev–Trinajstić information content (AvgIpc) is 2.69. The molecule has 3 rings (SSSR count). The fourth-order valence-corrected chi connectivity index (χ4v) is 3.29. The molecule has 0 radical (unpaired) electrons. The molecule has 1 saturated carbocycles. The van der Waals surface area contributed by atoms with Crippen molar-refractivity contribution in [1.29, 1.82) is 0 Å². The second kappa shape index (κ2) is 4.63. The predicted octanol–water partition coefficient (Wildman–Crippen LogP) is 2.65. The molecule has 0 unspecified atom stereocenters. The lowest BCUT2D eigenvalue weighted by Crippen LogP contribution is -2.41. The molecular weight excluding hydrogens is 232 g/mol. The van der Waals surface area contributed by atoms with E-state index in [2.05, 4.69) is 16.0 Å². The topological polar surface area (TPSA) is 36.4 Å². The molecule has 0 amide bonds. The monoisotopic (exact) mass is 248 g/mol. The molecule has 1 aliphatic rings. The van der Waals surface area contributed by atoms with E-state index in [0.29, 0.717) is 12.6 Å². The summed E-state index contributed by atoms with van der Waals surface area (Å²) in [6.45, 7) is 0.900. The number of anilines is 1. The number of hydrogen-bond acceptors (Lipinski definition) is 4. The third-order valence-corrected chi connectivity index (χ3v) is 4.46. The van der Waals surface area contributed by atoms with Gasteiger partial charge in [-0.15, -0.1) is 0 Å². The van der Waals surface area contributed by atoms with Crippen LogP contribution in [0.1, 0.15) is 19.3 Å². The lowest BCUT2D eigenvalue weighted by molar-refractivity contribution is 0.283. The van der Waals surface area contributed by atoms with Crippen molar-refractivity contribution in [3.05, 3.63) is 24.3 Å². The summed E-state index contributed by atoms with van der Waals surface area (Å²) in [7, 11) is 0. The highest BCUT2D eigenvalue weighted by molar-refractivity contribution is 7.22. The Labute approximate surface area is 105 Å². The van der Waals surface area contributed by atoms with Crippen molar-refractivity contribution < 1.29 is 5.11 Å². The normalized spacial score (nSPS) is 16.1. The number of fused-ring (bicyclic) bond motifs is 1. The van der Waals surface area contributed by atoms with Gasteiger partial charge in [0.15, 0.2) is 5.13 Å². The Kier molecular flexibility index (Phi) is 2.99. The zero-order valence-corrected chi connectivity index (χ0v) is 10.5. The molecule has 0 spiro atoms. The van der Waals surface area contributed by atoms with Gasteiger partial charge in [0.25, 0.3) is 0 Å². The first kappa shape index (κ1) is 11.0. The molecule has 17 heavy (non-hydrogen) atoms. The van der Waals surface area contributed by atoms with Crippen LogP contribution in [0, 0.1) is 0 Å². The Morgan fingerprint density at radius 2 is 2.18 bits per heavy atom. The highest BCUT2D eigenvalue weighted by Gasteiger charge is 2.26. The maximum absolute atomic E-state index is 9.18. The zero-order valence-electron chi connectivity index (χ0n) is 9.67. The van der Waals surface area contributed by atoms with Gasteiger partial charge in [0.2, 0.25) is 0 Å². The number of thiazole rings is 1. The molecule has 1 aromatic heterocycles. The number of aromatic nitrogens is 1. The Morgan fingerprint density at radius 3 is 2.82 bits per heavy atom. The quantitative estimate of drug-likeness (QED) is 0.903. The fourth-order valence-electron chi connectivity index (χ4n) is 2.22. The van der Waals surface area contributed by atoms with E-state index >= 15 is 0 Å². The Balaban J connectivity index is 1.93. The summed E-state index contributed by atoms with van der Waals surface area (Å²) in [6.07, 6.45) is 3.77. The minimum atomic E-state index is 0.201. The van der Waals surface area contributed by atoms with Crippen LogP contribution >= 0.6 is 11.3 Å². The van der Waals surface area contributed by atoms with Gasteiger partial charge < -0.3 is 10.0 Å². The smallest absolute Gasteiger partial charge is 0.186 e. The van der Waals surface area contributed by atoms with Crippen molar-refractivity contribution >= 4 is 26.7 Å². The van der Waals surface area contributed by atoms with Crippen LogP contribution in [-0.4, -0.2) is 29.3 Å². The number of hydrogen-bond donors (Lipinski definition) is 1. The zero-order chi connectivity index (χ0) is 11.7. The van der Waals surface area contributed by atoms with Gasteiger partial charge in [-0.1, -0.05) is 23.5 Å². The van der Waals surface area contributed by atoms with E-state index in [4.69, 9.17) is 0 Å². The van der Waals surface area contributed by atoms with E-state index in [9.17, 15) is 5.11 Å². The van der Waals surface area contributed by atoms with E-state index in [1.807, 2.05) is 18.2 Å². The highest BCUT2D eigenvalue weighted by Crippen LogP contribution is 2.34. The van der Waals surface area contributed by atoms with Crippen molar-refractivity contribution in [2.75, 3.05) is 18.1 Å².